The van der Waals surface area contributed by atoms with E-state index in [4.69, 9.17) is 0 Å². The van der Waals surface area contributed by atoms with E-state index >= 15 is 0 Å². The fourth-order valence-electron chi connectivity index (χ4n) is 3.20. The molecule has 122 valence electrons. The largest absolute Gasteiger partial charge is 0.338 e. The molecule has 1 aliphatic heterocycles. The van der Waals surface area contributed by atoms with Gasteiger partial charge in [-0.15, -0.1) is 0 Å². The van der Waals surface area contributed by atoms with Gasteiger partial charge in [0.1, 0.15) is 0 Å². The summed E-state index contributed by atoms with van der Waals surface area (Å²) >= 11 is 0. The van der Waals surface area contributed by atoms with Crippen molar-refractivity contribution >= 4 is 6.03 Å². The molecule has 0 radical (unpaired) electrons. The standard InChI is InChI=1S/C18H24N4O/c1-14-16-10-12-22(13-17(16)21(2)20-14)18(23)19-11-6-9-15-7-4-3-5-8-15/h3-5,7-8H,6,9-13H2,1-2H3,(H,19,23). The van der Waals surface area contributed by atoms with E-state index in [9.17, 15) is 4.79 Å². The van der Waals surface area contributed by atoms with Crippen molar-refractivity contribution in [3.8, 4) is 0 Å². The van der Waals surface area contributed by atoms with Crippen LogP contribution in [-0.2, 0) is 26.4 Å². The lowest BCUT2D eigenvalue weighted by Crippen LogP contribution is -2.43. The fraction of sp³-hybridized carbons (Fsp3) is 0.444. The third-order valence-electron chi connectivity index (χ3n) is 4.50. The molecule has 0 aliphatic carbocycles. The zero-order valence-corrected chi connectivity index (χ0v) is 13.9. The van der Waals surface area contributed by atoms with Crippen LogP contribution in [0.2, 0.25) is 0 Å². The van der Waals surface area contributed by atoms with E-state index in [1.165, 1.54) is 11.1 Å². The summed E-state index contributed by atoms with van der Waals surface area (Å²) in [6.45, 7) is 4.17. The predicted octanol–water partition coefficient (Wildman–Crippen LogP) is 2.43. The van der Waals surface area contributed by atoms with Gasteiger partial charge in [-0.1, -0.05) is 30.3 Å². The van der Waals surface area contributed by atoms with Crippen LogP contribution < -0.4 is 5.32 Å². The highest BCUT2D eigenvalue weighted by atomic mass is 16.2. The summed E-state index contributed by atoms with van der Waals surface area (Å²) in [5.74, 6) is 0. The normalized spacial score (nSPS) is 13.7. The Kier molecular flexibility index (Phi) is 4.65. The van der Waals surface area contributed by atoms with Gasteiger partial charge in [-0.25, -0.2) is 4.79 Å². The van der Waals surface area contributed by atoms with Gasteiger partial charge in [-0.2, -0.15) is 5.10 Å². The molecule has 0 bridgehead atoms. The maximum absolute atomic E-state index is 12.3. The Labute approximate surface area is 137 Å². The van der Waals surface area contributed by atoms with Crippen LogP contribution in [0.3, 0.4) is 0 Å². The Bertz CT molecular complexity index is 678. The summed E-state index contributed by atoms with van der Waals surface area (Å²) in [5, 5.41) is 7.49. The third-order valence-corrected chi connectivity index (χ3v) is 4.50. The topological polar surface area (TPSA) is 50.2 Å². The molecule has 2 heterocycles. The van der Waals surface area contributed by atoms with E-state index in [2.05, 4.69) is 34.7 Å². The second-order valence-corrected chi connectivity index (χ2v) is 6.13. The van der Waals surface area contributed by atoms with E-state index < -0.39 is 0 Å². The number of carbonyl (C=O) groups is 1. The lowest BCUT2D eigenvalue weighted by molar-refractivity contribution is 0.190. The van der Waals surface area contributed by atoms with Crippen LogP contribution >= 0.6 is 0 Å². The number of carbonyl (C=O) groups excluding carboxylic acids is 1. The van der Waals surface area contributed by atoms with Crippen LogP contribution in [0, 0.1) is 6.92 Å². The SMILES string of the molecule is Cc1nn(C)c2c1CCN(C(=O)NCCCc1ccccc1)C2. The Morgan fingerprint density at radius 3 is 2.87 bits per heavy atom. The first-order valence-electron chi connectivity index (χ1n) is 8.23. The predicted molar refractivity (Wildman–Crippen MR) is 90.2 cm³/mol. The number of hydrogen-bond donors (Lipinski definition) is 1. The average molecular weight is 312 g/mol. The molecule has 2 amide bonds. The highest BCUT2D eigenvalue weighted by Crippen LogP contribution is 2.21. The summed E-state index contributed by atoms with van der Waals surface area (Å²) < 4.78 is 1.90. The number of rotatable bonds is 4. The molecular formula is C18H24N4O. The minimum Gasteiger partial charge on any atom is -0.338 e. The summed E-state index contributed by atoms with van der Waals surface area (Å²) in [4.78, 5) is 14.2. The summed E-state index contributed by atoms with van der Waals surface area (Å²) in [6, 6.07) is 10.4. The first-order valence-corrected chi connectivity index (χ1v) is 8.23. The number of amides is 2. The molecule has 5 nitrogen and oxygen atoms in total. The van der Waals surface area contributed by atoms with Crippen molar-refractivity contribution in [2.75, 3.05) is 13.1 Å². The smallest absolute Gasteiger partial charge is 0.317 e. The molecular weight excluding hydrogens is 288 g/mol. The van der Waals surface area contributed by atoms with E-state index in [1.54, 1.807) is 0 Å². The number of benzene rings is 1. The zero-order valence-electron chi connectivity index (χ0n) is 13.9. The van der Waals surface area contributed by atoms with Crippen molar-refractivity contribution in [2.24, 2.45) is 7.05 Å². The lowest BCUT2D eigenvalue weighted by Gasteiger charge is -2.27. The van der Waals surface area contributed by atoms with Gasteiger partial charge in [0.15, 0.2) is 0 Å². The number of urea groups is 1. The minimum atomic E-state index is 0.0302. The monoisotopic (exact) mass is 312 g/mol. The molecule has 0 saturated carbocycles. The molecule has 0 spiro atoms. The average Bonchev–Trinajstić information content (AvgIpc) is 2.86. The van der Waals surface area contributed by atoms with Crippen LogP contribution in [0.4, 0.5) is 4.79 Å². The first kappa shape index (κ1) is 15.6. The molecule has 1 aromatic carbocycles. The second-order valence-electron chi connectivity index (χ2n) is 6.13. The summed E-state index contributed by atoms with van der Waals surface area (Å²) in [5.41, 5.74) is 4.87. The summed E-state index contributed by atoms with van der Waals surface area (Å²) in [7, 11) is 1.95. The van der Waals surface area contributed by atoms with Crippen molar-refractivity contribution in [3.05, 3.63) is 52.8 Å². The van der Waals surface area contributed by atoms with Crippen LogP contribution in [0.15, 0.2) is 30.3 Å². The number of nitrogens with one attached hydrogen (secondary N) is 1. The Hall–Kier alpha value is -2.30. The number of aromatic nitrogens is 2. The minimum absolute atomic E-state index is 0.0302. The van der Waals surface area contributed by atoms with Crippen LogP contribution in [0.5, 0.6) is 0 Å². The third kappa shape index (κ3) is 3.55. The molecule has 3 rings (SSSR count). The maximum atomic E-state index is 12.3. The Balaban J connectivity index is 1.47. The van der Waals surface area contributed by atoms with Gasteiger partial charge >= 0.3 is 6.03 Å². The number of nitrogens with zero attached hydrogens (tertiary/aromatic N) is 3. The highest BCUT2D eigenvalue weighted by molar-refractivity contribution is 5.74. The molecule has 1 aromatic heterocycles. The zero-order chi connectivity index (χ0) is 16.2. The van der Waals surface area contributed by atoms with E-state index in [0.717, 1.165) is 37.2 Å². The fourth-order valence-corrected chi connectivity index (χ4v) is 3.20. The number of aryl methyl sites for hydroxylation is 3. The number of hydrogen-bond acceptors (Lipinski definition) is 2. The molecule has 0 saturated heterocycles. The van der Waals surface area contributed by atoms with Crippen molar-refractivity contribution in [1.82, 2.24) is 20.0 Å². The van der Waals surface area contributed by atoms with Gasteiger partial charge in [0, 0.05) is 20.1 Å². The lowest BCUT2D eigenvalue weighted by atomic mass is 10.1. The molecule has 0 fully saturated rings. The Morgan fingerprint density at radius 1 is 1.30 bits per heavy atom. The number of fused-ring (bicyclic) bond motifs is 1. The van der Waals surface area contributed by atoms with Crippen molar-refractivity contribution in [3.63, 3.8) is 0 Å². The van der Waals surface area contributed by atoms with Crippen LogP contribution in [0.25, 0.3) is 0 Å². The van der Waals surface area contributed by atoms with Crippen LogP contribution in [-0.4, -0.2) is 33.8 Å². The molecule has 0 unspecified atom stereocenters. The quantitative estimate of drug-likeness (QED) is 0.882. The van der Waals surface area contributed by atoms with E-state index in [1.807, 2.05) is 29.6 Å². The van der Waals surface area contributed by atoms with Crippen molar-refractivity contribution < 1.29 is 4.79 Å². The van der Waals surface area contributed by atoms with E-state index in [0.29, 0.717) is 13.1 Å². The second kappa shape index (κ2) is 6.86. The Morgan fingerprint density at radius 2 is 2.09 bits per heavy atom. The van der Waals surface area contributed by atoms with E-state index in [-0.39, 0.29) is 6.03 Å². The molecule has 5 heteroatoms. The molecule has 1 N–H and O–H groups in total. The molecule has 23 heavy (non-hydrogen) atoms. The molecule has 0 atom stereocenters. The van der Waals surface area contributed by atoms with Crippen molar-refractivity contribution in [2.45, 2.75) is 32.7 Å². The van der Waals surface area contributed by atoms with Gasteiger partial charge in [0.05, 0.1) is 17.9 Å². The van der Waals surface area contributed by atoms with Gasteiger partial charge in [-0.3, -0.25) is 4.68 Å². The van der Waals surface area contributed by atoms with Gasteiger partial charge in [-0.05, 0) is 37.3 Å². The molecule has 1 aliphatic rings. The highest BCUT2D eigenvalue weighted by Gasteiger charge is 2.24. The maximum Gasteiger partial charge on any atom is 0.317 e. The molecule has 2 aromatic rings. The summed E-state index contributed by atoms with van der Waals surface area (Å²) in [6.07, 6.45) is 2.85. The van der Waals surface area contributed by atoms with Crippen LogP contribution in [0.1, 0.15) is 28.9 Å². The van der Waals surface area contributed by atoms with Gasteiger partial charge in [0.25, 0.3) is 0 Å². The van der Waals surface area contributed by atoms with Gasteiger partial charge < -0.3 is 10.2 Å². The first-order chi connectivity index (χ1) is 11.1. The van der Waals surface area contributed by atoms with Gasteiger partial charge in [0.2, 0.25) is 0 Å². The van der Waals surface area contributed by atoms with Crippen molar-refractivity contribution in [1.29, 1.82) is 0 Å².